The summed E-state index contributed by atoms with van der Waals surface area (Å²) >= 11 is 0. The lowest BCUT2D eigenvalue weighted by molar-refractivity contribution is -0.117. The summed E-state index contributed by atoms with van der Waals surface area (Å²) in [4.78, 5) is 18.5. The first-order valence-electron chi connectivity index (χ1n) is 9.28. The van der Waals surface area contributed by atoms with E-state index in [4.69, 9.17) is 4.74 Å². The van der Waals surface area contributed by atoms with Gasteiger partial charge >= 0.3 is 0 Å². The number of nitrogens with one attached hydrogen (secondary N) is 1. The van der Waals surface area contributed by atoms with Crippen molar-refractivity contribution < 1.29 is 17.9 Å². The molecule has 1 N–H and O–H groups in total. The Morgan fingerprint density at radius 2 is 2.03 bits per heavy atom. The molecule has 0 radical (unpaired) electrons. The Labute approximate surface area is 170 Å². The van der Waals surface area contributed by atoms with Gasteiger partial charge in [0.25, 0.3) is 0 Å². The lowest BCUT2D eigenvalue weighted by Crippen LogP contribution is -2.39. The minimum absolute atomic E-state index is 0.0106. The Morgan fingerprint density at radius 3 is 2.62 bits per heavy atom. The lowest BCUT2D eigenvalue weighted by atomic mass is 10.1. The van der Waals surface area contributed by atoms with Crippen LogP contribution >= 0.6 is 0 Å². The van der Waals surface area contributed by atoms with E-state index in [1.54, 1.807) is 12.4 Å². The second-order valence-corrected chi connectivity index (χ2v) is 9.20. The van der Waals surface area contributed by atoms with Crippen LogP contribution in [0, 0.1) is 0 Å². The summed E-state index contributed by atoms with van der Waals surface area (Å²) in [7, 11) is 0.603. The van der Waals surface area contributed by atoms with Crippen LogP contribution < -0.4 is 10.1 Å². The molecule has 0 unspecified atom stereocenters. The maximum absolute atomic E-state index is 12.5. The maximum atomic E-state index is 12.5. The Hall–Kier alpha value is -2.50. The van der Waals surface area contributed by atoms with E-state index in [-0.39, 0.29) is 23.1 Å². The molecule has 1 fully saturated rings. The number of piperidine rings is 1. The molecule has 1 aliphatic rings. The molecule has 1 saturated heterocycles. The zero-order chi connectivity index (χ0) is 21.0. The van der Waals surface area contributed by atoms with Crippen LogP contribution in [0.3, 0.4) is 0 Å². The van der Waals surface area contributed by atoms with Crippen LogP contribution in [0.1, 0.15) is 18.9 Å². The van der Waals surface area contributed by atoms with Gasteiger partial charge in [-0.25, -0.2) is 22.4 Å². The number of hydrogen-bond acceptors (Lipinski definition) is 7. The molecule has 0 aliphatic carbocycles. The van der Waals surface area contributed by atoms with Crippen molar-refractivity contribution in [2.45, 2.75) is 23.8 Å². The third kappa shape index (κ3) is 4.92. The Morgan fingerprint density at radius 1 is 1.31 bits per heavy atom. The van der Waals surface area contributed by atoms with Crippen LogP contribution in [0.5, 0.6) is 5.75 Å². The van der Waals surface area contributed by atoms with Crippen LogP contribution in [-0.2, 0) is 14.8 Å². The number of hydrogen-bond donors (Lipinski definition) is 1. The molecule has 1 aliphatic heterocycles. The van der Waals surface area contributed by atoms with E-state index in [1.165, 1.54) is 39.7 Å². The fourth-order valence-corrected chi connectivity index (χ4v) is 4.38. The van der Waals surface area contributed by atoms with Gasteiger partial charge in [-0.05, 0) is 31.0 Å². The third-order valence-electron chi connectivity index (χ3n) is 4.94. The molecule has 0 saturated carbocycles. The van der Waals surface area contributed by atoms with Gasteiger partial charge in [0.15, 0.2) is 0 Å². The largest absolute Gasteiger partial charge is 0.495 e. The predicted molar refractivity (Wildman–Crippen MR) is 107 cm³/mol. The number of rotatable bonds is 7. The molecule has 2 aromatic rings. The Balaban J connectivity index is 1.61. The summed E-state index contributed by atoms with van der Waals surface area (Å²) in [6, 6.07) is 4.89. The summed E-state index contributed by atoms with van der Waals surface area (Å²) in [5, 5.41) is 6.97. The van der Waals surface area contributed by atoms with Gasteiger partial charge in [0.2, 0.25) is 15.9 Å². The van der Waals surface area contributed by atoms with Gasteiger partial charge < -0.3 is 10.1 Å². The van der Waals surface area contributed by atoms with Crippen LogP contribution in [0.15, 0.2) is 35.7 Å². The molecule has 1 aromatic carbocycles. The number of likely N-dealkylation sites (tertiary alicyclic amines) is 1. The van der Waals surface area contributed by atoms with E-state index in [0.717, 1.165) is 30.2 Å². The summed E-state index contributed by atoms with van der Waals surface area (Å²) in [6.45, 7) is 1.80. The summed E-state index contributed by atoms with van der Waals surface area (Å²) in [6.07, 6.45) is 5.03. The van der Waals surface area contributed by atoms with Crippen LogP contribution in [-0.4, -0.2) is 79.1 Å². The molecule has 0 atom stereocenters. The van der Waals surface area contributed by atoms with Gasteiger partial charge in [-0.15, -0.1) is 0 Å². The van der Waals surface area contributed by atoms with Crippen LogP contribution in [0.2, 0.25) is 0 Å². The molecule has 3 rings (SSSR count). The van der Waals surface area contributed by atoms with E-state index in [2.05, 4.69) is 20.3 Å². The lowest BCUT2D eigenvalue weighted by Gasteiger charge is -2.31. The number of ether oxygens (including phenoxy) is 1. The van der Waals surface area contributed by atoms with E-state index in [1.807, 2.05) is 4.68 Å². The van der Waals surface area contributed by atoms with Crippen molar-refractivity contribution in [2.75, 3.05) is 46.2 Å². The number of amides is 1. The van der Waals surface area contributed by atoms with Gasteiger partial charge in [0.1, 0.15) is 23.3 Å². The van der Waals surface area contributed by atoms with Crippen LogP contribution in [0.4, 0.5) is 5.69 Å². The summed E-state index contributed by atoms with van der Waals surface area (Å²) < 4.78 is 33.2. The highest BCUT2D eigenvalue weighted by Gasteiger charge is 2.24. The summed E-state index contributed by atoms with van der Waals surface area (Å²) in [5.74, 6) is 0.0365. The highest BCUT2D eigenvalue weighted by atomic mass is 32.2. The third-order valence-corrected chi connectivity index (χ3v) is 6.78. The molecule has 0 bridgehead atoms. The number of sulfonamides is 1. The van der Waals surface area contributed by atoms with Crippen molar-refractivity contribution in [3.8, 4) is 5.75 Å². The van der Waals surface area contributed by atoms with E-state index < -0.39 is 10.0 Å². The minimum Gasteiger partial charge on any atom is -0.495 e. The Bertz CT molecular complexity index is 937. The molecule has 0 spiro atoms. The first-order chi connectivity index (χ1) is 13.8. The van der Waals surface area contributed by atoms with Crippen molar-refractivity contribution in [1.29, 1.82) is 0 Å². The molecular weight excluding hydrogens is 396 g/mol. The zero-order valence-electron chi connectivity index (χ0n) is 16.8. The van der Waals surface area contributed by atoms with Crippen molar-refractivity contribution >= 4 is 21.6 Å². The van der Waals surface area contributed by atoms with Crippen molar-refractivity contribution in [3.63, 3.8) is 0 Å². The van der Waals surface area contributed by atoms with Gasteiger partial charge in [-0.1, -0.05) is 0 Å². The molecule has 10 nitrogen and oxygen atoms in total. The average Bonchev–Trinajstić information content (AvgIpc) is 3.23. The molecule has 158 valence electrons. The monoisotopic (exact) mass is 422 g/mol. The highest BCUT2D eigenvalue weighted by Crippen LogP contribution is 2.29. The van der Waals surface area contributed by atoms with Crippen molar-refractivity contribution in [3.05, 3.63) is 30.9 Å². The minimum atomic E-state index is -3.70. The van der Waals surface area contributed by atoms with Gasteiger partial charge in [0.05, 0.1) is 19.7 Å². The standard InChI is InChI=1S/C18H26N6O4S/c1-22(2)29(26,27)17-10-14(4-5-16(17)28-3)21-18(25)11-23-8-6-15(7-9-23)24-13-19-12-20-24/h4-5,10,12-13,15H,6-9,11H2,1-3H3,(H,21,25). The smallest absolute Gasteiger partial charge is 0.246 e. The first-order valence-corrected chi connectivity index (χ1v) is 10.7. The van der Waals surface area contributed by atoms with Gasteiger partial charge in [-0.2, -0.15) is 5.10 Å². The zero-order valence-corrected chi connectivity index (χ0v) is 17.6. The topological polar surface area (TPSA) is 110 Å². The van der Waals surface area contributed by atoms with Crippen LogP contribution in [0.25, 0.3) is 0 Å². The van der Waals surface area contributed by atoms with Gasteiger partial charge in [-0.3, -0.25) is 9.69 Å². The second-order valence-electron chi connectivity index (χ2n) is 7.08. The number of methoxy groups -OCH3 is 1. The maximum Gasteiger partial charge on any atom is 0.246 e. The van der Waals surface area contributed by atoms with Crippen molar-refractivity contribution in [1.82, 2.24) is 24.0 Å². The SMILES string of the molecule is COc1ccc(NC(=O)CN2CCC(n3cncn3)CC2)cc1S(=O)(=O)N(C)C. The number of carbonyl (C=O) groups excluding carboxylic acids is 1. The van der Waals surface area contributed by atoms with E-state index in [0.29, 0.717) is 11.7 Å². The fourth-order valence-electron chi connectivity index (χ4n) is 3.30. The number of aromatic nitrogens is 3. The van der Waals surface area contributed by atoms with Crippen molar-refractivity contribution in [2.24, 2.45) is 0 Å². The number of carbonyl (C=O) groups is 1. The highest BCUT2D eigenvalue weighted by molar-refractivity contribution is 7.89. The molecule has 29 heavy (non-hydrogen) atoms. The first kappa shape index (κ1) is 21.2. The molecule has 1 aromatic heterocycles. The normalized spacial score (nSPS) is 16.1. The molecule has 2 heterocycles. The number of anilines is 1. The second kappa shape index (κ2) is 8.89. The average molecular weight is 423 g/mol. The fraction of sp³-hybridized carbons (Fsp3) is 0.500. The van der Waals surface area contributed by atoms with E-state index >= 15 is 0 Å². The quantitative estimate of drug-likeness (QED) is 0.703. The summed E-state index contributed by atoms with van der Waals surface area (Å²) in [5.41, 5.74) is 0.411. The number of nitrogens with zero attached hydrogens (tertiary/aromatic N) is 5. The van der Waals surface area contributed by atoms with E-state index in [9.17, 15) is 13.2 Å². The Kier molecular flexibility index (Phi) is 6.50. The molecule has 1 amide bonds. The molecular formula is C18H26N6O4S. The van der Waals surface area contributed by atoms with Gasteiger partial charge in [0, 0.05) is 32.9 Å². The number of benzene rings is 1. The molecule has 11 heteroatoms. The predicted octanol–water partition coefficient (Wildman–Crippen LogP) is 0.813.